The van der Waals surface area contributed by atoms with E-state index in [1.165, 1.54) is 79.2 Å². The lowest BCUT2D eigenvalue weighted by Gasteiger charge is -2.20. The van der Waals surface area contributed by atoms with Gasteiger partial charge in [-0.1, -0.05) is 303 Å². The molecule has 0 aliphatic carbocycles. The molecule has 0 unspecified atom stereocenters. The van der Waals surface area contributed by atoms with E-state index in [0.717, 1.165) is 51.7 Å². The molecule has 0 spiro atoms. The van der Waals surface area contributed by atoms with Crippen molar-refractivity contribution in [1.82, 2.24) is 115 Å². The first kappa shape index (κ1) is 129. The van der Waals surface area contributed by atoms with E-state index in [2.05, 4.69) is 455 Å². The molecule has 0 saturated carbocycles. The maximum Gasteiger partial charge on any atom is 0.247 e. The zero-order valence-corrected chi connectivity index (χ0v) is 98.6. The molecule has 16 heterocycles. The molecule has 808 valence electrons. The average Bonchev–Trinajstić information content (AvgIpc) is 1.94. The molecule has 149 heavy (non-hydrogen) atoms. The quantitative estimate of drug-likeness (QED) is 0.0737. The van der Waals surface area contributed by atoms with Crippen molar-refractivity contribution in [2.75, 3.05) is 17.2 Å². The summed E-state index contributed by atoms with van der Waals surface area (Å²) >= 11 is 0. The number of nitrogen functional groups attached to an aromatic ring is 3. The molecular formula is C122H184N26O. The normalized spacial score (nSPS) is 11.7. The van der Waals surface area contributed by atoms with Gasteiger partial charge in [0.25, 0.3) is 0 Å². The minimum atomic E-state index is -0.0435. The summed E-state index contributed by atoms with van der Waals surface area (Å²) in [6.07, 6.45) is 44.2. The van der Waals surface area contributed by atoms with Crippen LogP contribution < -0.4 is 22.8 Å². The van der Waals surface area contributed by atoms with E-state index in [9.17, 15) is 4.79 Å². The van der Waals surface area contributed by atoms with Gasteiger partial charge in [-0.25, -0.2) is 49.8 Å². The molecule has 0 bridgehead atoms. The van der Waals surface area contributed by atoms with E-state index in [4.69, 9.17) is 17.2 Å². The monoisotopic (exact) mass is 2030 g/mol. The first-order valence-electron chi connectivity index (χ1n) is 51.0. The van der Waals surface area contributed by atoms with Crippen molar-refractivity contribution < 1.29 is 0 Å². The highest BCUT2D eigenvalue weighted by atomic mass is 16.1. The Bertz CT molecular complexity index is 6070. The topological polar surface area (TPSA) is 409 Å². The zero-order chi connectivity index (χ0) is 113. The van der Waals surface area contributed by atoms with Gasteiger partial charge in [-0.15, -0.1) is 0 Å². The Kier molecular flexibility index (Phi) is 49.7. The Hall–Kier alpha value is -13.7. The molecule has 0 saturated heterocycles. The van der Waals surface area contributed by atoms with Gasteiger partial charge in [0.05, 0.1) is 36.8 Å². The van der Waals surface area contributed by atoms with Gasteiger partial charge in [0.1, 0.15) is 47.7 Å². The third kappa shape index (κ3) is 51.7. The number of nitrogens with two attached hydrogens (primary N) is 3. The van der Waals surface area contributed by atoms with Crippen LogP contribution in [0, 0.1) is 12.3 Å². The number of fused-ring (bicyclic) bond motifs is 2. The van der Waals surface area contributed by atoms with E-state index in [1.807, 2.05) is 136 Å². The number of rotatable bonds is 1. The second-order valence-electron chi connectivity index (χ2n) is 51.2. The number of aryl methyl sites for hydroxylation is 1. The summed E-state index contributed by atoms with van der Waals surface area (Å²) in [5, 5.41) is 23.3. The van der Waals surface area contributed by atoms with Crippen LogP contribution in [0.4, 0.5) is 17.3 Å². The average molecular weight is 2030 g/mol. The molecular weight excluding hydrogens is 1850 g/mol. The lowest BCUT2D eigenvalue weighted by molar-refractivity contribution is 0.411. The van der Waals surface area contributed by atoms with Crippen LogP contribution in [0.3, 0.4) is 0 Å². The third-order valence-corrected chi connectivity index (χ3v) is 22.4. The van der Waals surface area contributed by atoms with E-state index in [-0.39, 0.29) is 76.0 Å². The molecule has 0 amide bonds. The number of pyridine rings is 8. The lowest BCUT2D eigenvalue weighted by atomic mass is 9.86. The number of nitrogens with zero attached hydrogens (tertiary/aromatic N) is 17. The molecule has 0 aliphatic rings. The summed E-state index contributed by atoms with van der Waals surface area (Å²) in [5.41, 5.74) is 39.3. The number of H-pyrrole nitrogens is 6. The van der Waals surface area contributed by atoms with E-state index in [1.54, 1.807) is 62.1 Å². The summed E-state index contributed by atoms with van der Waals surface area (Å²) in [7, 11) is 0. The van der Waals surface area contributed by atoms with Crippen molar-refractivity contribution in [3.8, 4) is 0 Å². The Morgan fingerprint density at radius 2 is 0.779 bits per heavy atom. The SMILES string of the molecule is CC(C)(C)Cc1cn[nH]c1.CC(C)(C)c1c[nH]c2ncccc12.CC(C)(C)c1ccc(=O)[nH]c1.CC(C)(C)c1ccc(N)nc1.CC(C)(C)c1ccnc(N)c1.CC(C)(C)c1ccnc2[nH]ccc12.CC(C)(C)c1ccncc1.CC(C)(C)c1ccncc1N.CC(C)(C)c1ccncn1.CC(C)(C)c1ccnnc1.CC(C)(C)c1cn[nH]c1.CC(C)(C)c1cnc[nH]1.CC(C)(C)c1ncncn1.Cc1cc(C(C)(C)C)ccn1. The van der Waals surface area contributed by atoms with Gasteiger partial charge < -0.3 is 37.1 Å². The Labute approximate surface area is 893 Å². The second-order valence-corrected chi connectivity index (χ2v) is 51.2. The van der Waals surface area contributed by atoms with E-state index < -0.39 is 0 Å². The molecule has 0 aliphatic heterocycles. The van der Waals surface area contributed by atoms with Crippen molar-refractivity contribution in [2.45, 2.75) is 375 Å². The van der Waals surface area contributed by atoms with E-state index >= 15 is 0 Å². The Morgan fingerprint density at radius 1 is 0.289 bits per heavy atom. The first-order valence-corrected chi connectivity index (χ1v) is 51.0. The molecule has 0 aromatic carbocycles. The van der Waals surface area contributed by atoms with Crippen molar-refractivity contribution in [1.29, 1.82) is 0 Å². The molecule has 0 atom stereocenters. The summed E-state index contributed by atoms with van der Waals surface area (Å²) in [5.74, 6) is 2.01. The number of imidazole rings is 1. The van der Waals surface area contributed by atoms with Crippen molar-refractivity contribution >= 4 is 39.4 Å². The number of anilines is 3. The molecule has 27 nitrogen and oxygen atoms in total. The van der Waals surface area contributed by atoms with Gasteiger partial charge in [0, 0.05) is 149 Å². The molecule has 16 aromatic rings. The maximum atomic E-state index is 10.7. The van der Waals surface area contributed by atoms with E-state index in [0.29, 0.717) is 17.1 Å². The van der Waals surface area contributed by atoms with Crippen LogP contribution >= 0.6 is 0 Å². The lowest BCUT2D eigenvalue weighted by Crippen LogP contribution is -2.15. The van der Waals surface area contributed by atoms with Gasteiger partial charge >= 0.3 is 0 Å². The third-order valence-electron chi connectivity index (χ3n) is 22.4. The molecule has 0 fully saturated rings. The van der Waals surface area contributed by atoms with Gasteiger partial charge in [-0.2, -0.15) is 20.4 Å². The smallest absolute Gasteiger partial charge is 0.247 e. The fourth-order valence-electron chi connectivity index (χ4n) is 13.2. The number of aromatic amines is 6. The van der Waals surface area contributed by atoms with Gasteiger partial charge in [0.15, 0.2) is 0 Å². The maximum absolute atomic E-state index is 10.7. The summed E-state index contributed by atoms with van der Waals surface area (Å²) < 4.78 is 0. The van der Waals surface area contributed by atoms with Crippen LogP contribution in [0.1, 0.15) is 375 Å². The Balaban J connectivity index is 0.000000413. The number of hydrogen-bond acceptors (Lipinski definition) is 21. The van der Waals surface area contributed by atoms with Crippen LogP contribution in [0.25, 0.3) is 22.1 Å². The number of aromatic nitrogens is 23. The zero-order valence-electron chi connectivity index (χ0n) is 98.6. The summed E-state index contributed by atoms with van der Waals surface area (Å²) in [6, 6.07) is 33.7. The fourth-order valence-corrected chi connectivity index (χ4v) is 13.2. The summed E-state index contributed by atoms with van der Waals surface area (Å²) in [4.78, 5) is 74.9. The van der Waals surface area contributed by atoms with Crippen LogP contribution in [0.2, 0.25) is 0 Å². The van der Waals surface area contributed by atoms with Crippen LogP contribution in [-0.4, -0.2) is 115 Å². The van der Waals surface area contributed by atoms with Gasteiger partial charge in [-0.3, -0.25) is 29.9 Å². The Morgan fingerprint density at radius 3 is 1.16 bits per heavy atom. The highest BCUT2D eigenvalue weighted by Crippen LogP contribution is 2.33. The number of nitrogens with one attached hydrogen (secondary N) is 6. The van der Waals surface area contributed by atoms with Crippen LogP contribution in [-0.2, 0) is 76.8 Å². The molecule has 0 radical (unpaired) electrons. The highest BCUT2D eigenvalue weighted by molar-refractivity contribution is 5.81. The largest absolute Gasteiger partial charge is 0.397 e. The second kappa shape index (κ2) is 57.2. The molecule has 16 rings (SSSR count). The predicted octanol–water partition coefficient (Wildman–Crippen LogP) is 28.5. The van der Waals surface area contributed by atoms with Crippen molar-refractivity contribution in [3.05, 3.63) is 347 Å². The fraction of sp³-hybridized carbons (Fsp3) is 0.475. The van der Waals surface area contributed by atoms with Crippen molar-refractivity contribution in [2.24, 2.45) is 5.41 Å². The number of hydrogen-bond donors (Lipinski definition) is 9. The first-order chi connectivity index (χ1) is 68.4. The molecule has 12 N–H and O–H groups in total. The van der Waals surface area contributed by atoms with Crippen LogP contribution in [0.5, 0.6) is 0 Å². The standard InChI is InChI=1S/2C11H14N2.C10H15N.3C9H14N2.C9H13NO.C9H13N.C8H14N2.2C8H12N2.C7H11N3.2C7H12N2/c1-11(2,3)9-5-7-13-10-8(9)4-6-12-10;1-11(2,3)9-7-13-10-8(9)5-4-6-12-10;1-8-7-9(5-6-11-8)10(2,3)4;1-9(2,3)7-4-5-11-6-8(7)10;1-9(2,3)7-4-5-11-8(10)6-7;1-9(2,3)7-4-5-8(10)11-6-7;1-9(2,3)7-4-5-8(11)10-6-7;1-9(2,3)8-4-6-10-7-5-8;1-8(2,3)4-7-5-9-10-6-7;1-8(2,3)7-4-5-9-6-10-7;1-8(2,3)7-4-5-9-10-6-7;1-7(2,3)6-9-4-8-5-10-6;1-7(2,3)6-4-8-5-9-6;1-7(2,3)6-4-8-9-5-6/h2*4-7H,1-3H3,(H,12,13);5-7H,1-4H3;4-6H,10H2,1-3H3;2*4-6H,1-3H3,(H2,10,11);4-6H,1-3H3,(H,10,11);4-7H,1-3H3;5-6H,4H2,1-3H3,(H,9,10);2*4-6H,1-3H3;4-5H,1-3H3;2*4-5H,1-3H3,(H,8,9). The minimum Gasteiger partial charge on any atom is -0.397 e. The summed E-state index contributed by atoms with van der Waals surface area (Å²) in [6.45, 7) is 92.9. The molecule has 27 heteroatoms. The van der Waals surface area contributed by atoms with Gasteiger partial charge in [-0.05, 0) is 219 Å². The molecule has 16 aromatic heterocycles. The highest BCUT2D eigenvalue weighted by Gasteiger charge is 2.25. The minimum absolute atomic E-state index is 0.0307. The predicted molar refractivity (Wildman–Crippen MR) is 624 cm³/mol. The van der Waals surface area contributed by atoms with Crippen LogP contribution in [0.15, 0.2) is 257 Å². The van der Waals surface area contributed by atoms with Crippen molar-refractivity contribution in [3.63, 3.8) is 0 Å². The van der Waals surface area contributed by atoms with Gasteiger partial charge in [0.2, 0.25) is 5.56 Å².